The van der Waals surface area contributed by atoms with Gasteiger partial charge in [-0.3, -0.25) is 4.79 Å². The monoisotopic (exact) mass is 171 g/mol. The molecular formula is C9H17NO2. The second kappa shape index (κ2) is 3.05. The van der Waals surface area contributed by atoms with Crippen LogP contribution in [0.15, 0.2) is 0 Å². The van der Waals surface area contributed by atoms with E-state index >= 15 is 0 Å². The van der Waals surface area contributed by atoms with Crippen molar-refractivity contribution in [2.45, 2.75) is 32.7 Å². The number of nitrogens with zero attached hydrogens (tertiary/aromatic N) is 1. The number of carbonyl (C=O) groups is 1. The molecule has 0 bridgehead atoms. The lowest BCUT2D eigenvalue weighted by Crippen LogP contribution is -2.42. The van der Waals surface area contributed by atoms with Gasteiger partial charge in [0.05, 0.1) is 0 Å². The Kier molecular flexibility index (Phi) is 2.42. The van der Waals surface area contributed by atoms with Gasteiger partial charge in [0.2, 0.25) is 5.91 Å². The third kappa shape index (κ3) is 1.78. The molecule has 0 aromatic heterocycles. The minimum absolute atomic E-state index is 0.0962. The Morgan fingerprint density at radius 3 is 2.42 bits per heavy atom. The van der Waals surface area contributed by atoms with Crippen molar-refractivity contribution >= 4 is 5.91 Å². The first kappa shape index (κ1) is 9.52. The molecule has 1 N–H and O–H groups in total. The Balaban J connectivity index is 2.64. The molecule has 1 atom stereocenters. The molecule has 1 fully saturated rings. The number of hydrogen-bond acceptors (Lipinski definition) is 2. The molecule has 0 unspecified atom stereocenters. The maximum absolute atomic E-state index is 11.4. The fourth-order valence-corrected chi connectivity index (χ4v) is 1.55. The quantitative estimate of drug-likeness (QED) is 0.628. The van der Waals surface area contributed by atoms with Gasteiger partial charge in [0.1, 0.15) is 0 Å². The Morgan fingerprint density at radius 2 is 2.17 bits per heavy atom. The summed E-state index contributed by atoms with van der Waals surface area (Å²) in [5.41, 5.74) is -0.0962. The lowest BCUT2D eigenvalue weighted by atomic mass is 10.1. The first-order chi connectivity index (χ1) is 5.45. The lowest BCUT2D eigenvalue weighted by Gasteiger charge is -2.31. The van der Waals surface area contributed by atoms with Gasteiger partial charge < -0.3 is 10.0 Å². The van der Waals surface area contributed by atoms with E-state index in [4.69, 9.17) is 5.11 Å². The molecular weight excluding hydrogens is 154 g/mol. The van der Waals surface area contributed by atoms with Crippen LogP contribution >= 0.6 is 0 Å². The zero-order chi connectivity index (χ0) is 9.35. The highest BCUT2D eigenvalue weighted by Gasteiger charge is 2.35. The van der Waals surface area contributed by atoms with Crippen LogP contribution in [0.4, 0.5) is 0 Å². The predicted octanol–water partition coefficient (Wildman–Crippen LogP) is 0.626. The van der Waals surface area contributed by atoms with Crippen LogP contribution in [0, 0.1) is 5.92 Å². The van der Waals surface area contributed by atoms with Gasteiger partial charge in [-0.25, -0.2) is 0 Å². The summed E-state index contributed by atoms with van der Waals surface area (Å²) < 4.78 is 0. The first-order valence-corrected chi connectivity index (χ1v) is 4.36. The van der Waals surface area contributed by atoms with Crippen LogP contribution in [0.1, 0.15) is 27.2 Å². The van der Waals surface area contributed by atoms with Gasteiger partial charge >= 0.3 is 0 Å². The van der Waals surface area contributed by atoms with E-state index in [1.807, 2.05) is 25.7 Å². The summed E-state index contributed by atoms with van der Waals surface area (Å²) in [6, 6.07) is 0. The number of likely N-dealkylation sites (tertiary alicyclic amines) is 1. The number of carbonyl (C=O) groups excluding carboxylic acids is 1. The SMILES string of the molecule is CC(C)(C)N1C[C@@H](CO)CC1=O. The Labute approximate surface area is 73.4 Å². The standard InChI is InChI=1S/C9H17NO2/c1-9(2,3)10-5-7(6-11)4-8(10)12/h7,11H,4-6H2,1-3H3/t7-/m0/s1. The van der Waals surface area contributed by atoms with Crippen molar-refractivity contribution in [3.05, 3.63) is 0 Å². The van der Waals surface area contributed by atoms with E-state index in [9.17, 15) is 4.79 Å². The van der Waals surface area contributed by atoms with Crippen LogP contribution in [0.25, 0.3) is 0 Å². The highest BCUT2D eigenvalue weighted by molar-refractivity contribution is 5.79. The molecule has 1 aliphatic rings. The smallest absolute Gasteiger partial charge is 0.223 e. The maximum atomic E-state index is 11.4. The lowest BCUT2D eigenvalue weighted by molar-refractivity contribution is -0.131. The molecule has 1 amide bonds. The van der Waals surface area contributed by atoms with Crippen molar-refractivity contribution in [1.82, 2.24) is 4.90 Å². The summed E-state index contributed by atoms with van der Waals surface area (Å²) in [6.45, 7) is 6.89. The summed E-state index contributed by atoms with van der Waals surface area (Å²) in [7, 11) is 0. The van der Waals surface area contributed by atoms with Crippen molar-refractivity contribution < 1.29 is 9.90 Å². The van der Waals surface area contributed by atoms with Crippen molar-refractivity contribution in [3.63, 3.8) is 0 Å². The summed E-state index contributed by atoms with van der Waals surface area (Å²) >= 11 is 0. The summed E-state index contributed by atoms with van der Waals surface area (Å²) in [4.78, 5) is 13.2. The molecule has 0 aliphatic carbocycles. The normalized spacial score (nSPS) is 25.2. The molecule has 1 heterocycles. The summed E-state index contributed by atoms with van der Waals surface area (Å²) in [6.07, 6.45) is 0.508. The van der Waals surface area contributed by atoms with E-state index < -0.39 is 0 Å². The van der Waals surface area contributed by atoms with E-state index in [0.29, 0.717) is 13.0 Å². The van der Waals surface area contributed by atoms with Crippen LogP contribution in [-0.4, -0.2) is 34.6 Å². The average molecular weight is 171 g/mol. The average Bonchev–Trinajstić information content (AvgIpc) is 2.29. The number of rotatable bonds is 1. The van der Waals surface area contributed by atoms with Gasteiger partial charge in [-0.1, -0.05) is 0 Å². The molecule has 0 aromatic rings. The second-order valence-electron chi connectivity index (χ2n) is 4.43. The number of aliphatic hydroxyl groups excluding tert-OH is 1. The highest BCUT2D eigenvalue weighted by Crippen LogP contribution is 2.24. The molecule has 0 radical (unpaired) electrons. The Morgan fingerprint density at radius 1 is 1.58 bits per heavy atom. The zero-order valence-corrected chi connectivity index (χ0v) is 8.00. The van der Waals surface area contributed by atoms with E-state index in [-0.39, 0.29) is 24.0 Å². The number of amides is 1. The van der Waals surface area contributed by atoms with Gasteiger partial charge in [-0.2, -0.15) is 0 Å². The first-order valence-electron chi connectivity index (χ1n) is 4.36. The molecule has 12 heavy (non-hydrogen) atoms. The molecule has 0 aromatic carbocycles. The van der Waals surface area contributed by atoms with Gasteiger partial charge in [-0.05, 0) is 20.8 Å². The van der Waals surface area contributed by atoms with E-state index in [1.54, 1.807) is 0 Å². The molecule has 1 rings (SSSR count). The fraction of sp³-hybridized carbons (Fsp3) is 0.889. The molecule has 0 saturated carbocycles. The van der Waals surface area contributed by atoms with Gasteiger partial charge in [0.25, 0.3) is 0 Å². The largest absolute Gasteiger partial charge is 0.396 e. The number of hydrogen-bond donors (Lipinski definition) is 1. The molecule has 1 aliphatic heterocycles. The van der Waals surface area contributed by atoms with Crippen LogP contribution in [0.3, 0.4) is 0 Å². The topological polar surface area (TPSA) is 40.5 Å². The number of aliphatic hydroxyl groups is 1. The zero-order valence-electron chi connectivity index (χ0n) is 8.00. The van der Waals surface area contributed by atoms with E-state index in [2.05, 4.69) is 0 Å². The molecule has 3 heteroatoms. The van der Waals surface area contributed by atoms with Crippen molar-refractivity contribution in [2.24, 2.45) is 5.92 Å². The van der Waals surface area contributed by atoms with Crippen LogP contribution in [-0.2, 0) is 4.79 Å². The van der Waals surface area contributed by atoms with Crippen molar-refractivity contribution in [1.29, 1.82) is 0 Å². The van der Waals surface area contributed by atoms with E-state index in [0.717, 1.165) is 0 Å². The predicted molar refractivity (Wildman–Crippen MR) is 46.7 cm³/mol. The summed E-state index contributed by atoms with van der Waals surface area (Å²) in [5.74, 6) is 0.318. The third-order valence-electron chi connectivity index (χ3n) is 2.27. The van der Waals surface area contributed by atoms with Gasteiger partial charge in [0.15, 0.2) is 0 Å². The Hall–Kier alpha value is -0.570. The second-order valence-corrected chi connectivity index (χ2v) is 4.43. The van der Waals surface area contributed by atoms with Crippen LogP contribution in [0.2, 0.25) is 0 Å². The summed E-state index contributed by atoms with van der Waals surface area (Å²) in [5, 5.41) is 8.89. The molecule has 0 spiro atoms. The molecule has 3 nitrogen and oxygen atoms in total. The third-order valence-corrected chi connectivity index (χ3v) is 2.27. The highest BCUT2D eigenvalue weighted by atomic mass is 16.3. The molecule has 1 saturated heterocycles. The van der Waals surface area contributed by atoms with Crippen LogP contribution in [0.5, 0.6) is 0 Å². The van der Waals surface area contributed by atoms with Crippen LogP contribution < -0.4 is 0 Å². The maximum Gasteiger partial charge on any atom is 0.223 e. The van der Waals surface area contributed by atoms with Gasteiger partial charge in [-0.15, -0.1) is 0 Å². The fourth-order valence-electron chi connectivity index (χ4n) is 1.55. The van der Waals surface area contributed by atoms with Gasteiger partial charge in [0, 0.05) is 31.0 Å². The minimum Gasteiger partial charge on any atom is -0.396 e. The van der Waals surface area contributed by atoms with E-state index in [1.165, 1.54) is 0 Å². The van der Waals surface area contributed by atoms with Crippen molar-refractivity contribution in [3.8, 4) is 0 Å². The minimum atomic E-state index is -0.0962. The van der Waals surface area contributed by atoms with Crippen molar-refractivity contribution in [2.75, 3.05) is 13.2 Å². The Bertz CT molecular complexity index is 183. The molecule has 70 valence electrons.